The van der Waals surface area contributed by atoms with Gasteiger partial charge < -0.3 is 14.9 Å². The molecule has 1 aliphatic heterocycles. The first kappa shape index (κ1) is 20.6. The lowest BCUT2D eigenvalue weighted by molar-refractivity contribution is 0.346. The predicted molar refractivity (Wildman–Crippen MR) is 127 cm³/mol. The van der Waals surface area contributed by atoms with Crippen LogP contribution in [0.4, 0.5) is 11.4 Å². The van der Waals surface area contributed by atoms with E-state index in [1.165, 1.54) is 25.9 Å². The highest BCUT2D eigenvalue weighted by molar-refractivity contribution is 9.10. The number of aromatic nitrogens is 1. The topological polar surface area (TPSA) is 71.9 Å². The van der Waals surface area contributed by atoms with Gasteiger partial charge in [0.25, 0.3) is 5.56 Å². The predicted octanol–water partition coefficient (Wildman–Crippen LogP) is 4.28. The van der Waals surface area contributed by atoms with E-state index in [-0.39, 0.29) is 11.4 Å². The first-order chi connectivity index (χ1) is 14.5. The van der Waals surface area contributed by atoms with Crippen molar-refractivity contribution in [1.29, 1.82) is 0 Å². The number of likely N-dealkylation sites (N-methyl/N-ethyl adjacent to an activating group) is 1. The highest BCUT2D eigenvalue weighted by atomic mass is 79.9. The lowest BCUT2D eigenvalue weighted by atomic mass is 10.1. The molecule has 6 nitrogen and oxygen atoms in total. The number of fused-ring (bicyclic) bond motifs is 1. The zero-order chi connectivity index (χ0) is 21.1. The van der Waals surface area contributed by atoms with Crippen molar-refractivity contribution >= 4 is 44.3 Å². The van der Waals surface area contributed by atoms with Crippen LogP contribution in [-0.2, 0) is 0 Å². The molecule has 30 heavy (non-hydrogen) atoms. The van der Waals surface area contributed by atoms with Gasteiger partial charge in [-0.15, -0.1) is 0 Å². The van der Waals surface area contributed by atoms with Crippen molar-refractivity contribution in [2.75, 3.05) is 38.1 Å². The molecular formula is C23H25BrN4O2. The maximum Gasteiger partial charge on any atom is 0.258 e. The summed E-state index contributed by atoms with van der Waals surface area (Å²) >= 11 is 3.42. The highest BCUT2D eigenvalue weighted by Gasteiger charge is 2.12. The van der Waals surface area contributed by atoms with Crippen molar-refractivity contribution in [2.45, 2.75) is 12.8 Å². The van der Waals surface area contributed by atoms with Crippen LogP contribution in [0.2, 0.25) is 0 Å². The van der Waals surface area contributed by atoms with E-state index >= 15 is 0 Å². The molecule has 0 atom stereocenters. The lowest BCUT2D eigenvalue weighted by Crippen LogP contribution is -2.31. The fourth-order valence-corrected chi connectivity index (χ4v) is 4.16. The Morgan fingerprint density at radius 1 is 1.17 bits per heavy atom. The molecule has 0 bridgehead atoms. The second kappa shape index (κ2) is 9.02. The molecule has 1 saturated heterocycles. The normalized spacial score (nSPS) is 14.7. The van der Waals surface area contributed by atoms with E-state index in [9.17, 15) is 9.90 Å². The van der Waals surface area contributed by atoms with Gasteiger partial charge >= 0.3 is 0 Å². The second-order valence-electron chi connectivity index (χ2n) is 7.65. The Morgan fingerprint density at radius 3 is 2.63 bits per heavy atom. The molecule has 2 heterocycles. The summed E-state index contributed by atoms with van der Waals surface area (Å²) in [5.41, 5.74) is 2.08. The Morgan fingerprint density at radius 2 is 1.90 bits per heavy atom. The van der Waals surface area contributed by atoms with Crippen molar-refractivity contribution in [2.24, 2.45) is 4.99 Å². The van der Waals surface area contributed by atoms with Gasteiger partial charge in [-0.05, 0) is 68.4 Å². The number of aromatic hydroxyl groups is 1. The molecular weight excluding hydrogens is 444 g/mol. The molecule has 2 N–H and O–H groups in total. The zero-order valence-corrected chi connectivity index (χ0v) is 18.5. The molecule has 1 aliphatic rings. The lowest BCUT2D eigenvalue weighted by Gasteiger charge is -2.23. The van der Waals surface area contributed by atoms with Crippen LogP contribution in [0.3, 0.4) is 0 Å². The van der Waals surface area contributed by atoms with Crippen LogP contribution in [0.5, 0.6) is 5.88 Å². The van der Waals surface area contributed by atoms with Crippen molar-refractivity contribution < 1.29 is 5.11 Å². The van der Waals surface area contributed by atoms with Gasteiger partial charge in [-0.25, -0.2) is 0 Å². The maximum atomic E-state index is 12.1. The number of rotatable bonds is 6. The summed E-state index contributed by atoms with van der Waals surface area (Å²) in [4.78, 5) is 23.8. The van der Waals surface area contributed by atoms with Gasteiger partial charge in [-0.2, -0.15) is 0 Å². The molecule has 0 saturated carbocycles. The molecule has 1 fully saturated rings. The van der Waals surface area contributed by atoms with Crippen LogP contribution in [0.25, 0.3) is 10.8 Å². The van der Waals surface area contributed by atoms with E-state index in [0.29, 0.717) is 16.3 Å². The Hall–Kier alpha value is -2.64. The number of anilines is 1. The number of likely N-dealkylation sites (tertiary alicyclic amines) is 1. The molecule has 156 valence electrons. The number of nitrogens with one attached hydrogen (secondary N) is 1. The third-order valence-electron chi connectivity index (χ3n) is 5.59. The molecule has 4 rings (SSSR count). The standard InChI is InChI=1S/C23H25BrN4O2/c1-27(12-13-28-10-2-3-11-28)18-7-5-17(6-8-18)25-15-21-20-14-16(24)4-9-19(20)22(29)26-23(21)30/h4-9,14-15H,2-3,10-13H2,1H3,(H2,26,29,30). The SMILES string of the molecule is CN(CCN1CCCC1)c1ccc(N=Cc2c(O)[nH]c(=O)c3ccc(Br)cc23)cc1. The van der Waals surface area contributed by atoms with Gasteiger partial charge in [0.05, 0.1) is 11.3 Å². The largest absolute Gasteiger partial charge is 0.494 e. The Labute approximate surface area is 184 Å². The van der Waals surface area contributed by atoms with Crippen molar-refractivity contribution in [3.63, 3.8) is 0 Å². The van der Waals surface area contributed by atoms with E-state index in [0.717, 1.165) is 28.9 Å². The third kappa shape index (κ3) is 4.57. The molecule has 0 spiro atoms. The third-order valence-corrected chi connectivity index (χ3v) is 6.08. The molecule has 3 aromatic rings. The van der Waals surface area contributed by atoms with Crippen LogP contribution in [-0.4, -0.2) is 54.4 Å². The number of pyridine rings is 1. The Kier molecular flexibility index (Phi) is 6.20. The van der Waals surface area contributed by atoms with Crippen molar-refractivity contribution in [3.05, 3.63) is 62.9 Å². The summed E-state index contributed by atoms with van der Waals surface area (Å²) in [5.74, 6) is -0.187. The van der Waals surface area contributed by atoms with Gasteiger partial charge in [0, 0.05) is 47.3 Å². The minimum Gasteiger partial charge on any atom is -0.494 e. The average molecular weight is 469 g/mol. The summed E-state index contributed by atoms with van der Waals surface area (Å²) < 4.78 is 0.830. The summed E-state index contributed by atoms with van der Waals surface area (Å²) in [5, 5.41) is 11.4. The minimum atomic E-state index is -0.325. The van der Waals surface area contributed by atoms with Crippen LogP contribution in [0.15, 0.2) is 56.7 Å². The fraction of sp³-hybridized carbons (Fsp3) is 0.304. The van der Waals surface area contributed by atoms with Crippen LogP contribution < -0.4 is 10.5 Å². The van der Waals surface area contributed by atoms with Crippen LogP contribution >= 0.6 is 15.9 Å². The van der Waals surface area contributed by atoms with Gasteiger partial charge in [-0.1, -0.05) is 15.9 Å². The summed E-state index contributed by atoms with van der Waals surface area (Å²) in [6.45, 7) is 4.51. The smallest absolute Gasteiger partial charge is 0.258 e. The zero-order valence-electron chi connectivity index (χ0n) is 16.9. The van der Waals surface area contributed by atoms with E-state index < -0.39 is 0 Å². The number of H-pyrrole nitrogens is 1. The number of aliphatic imine (C=N–C) groups is 1. The van der Waals surface area contributed by atoms with Gasteiger partial charge in [0.15, 0.2) is 0 Å². The summed E-state index contributed by atoms with van der Waals surface area (Å²) in [7, 11) is 2.11. The Bertz CT molecular complexity index is 1120. The van der Waals surface area contributed by atoms with Crippen molar-refractivity contribution in [1.82, 2.24) is 9.88 Å². The minimum absolute atomic E-state index is 0.187. The number of halogens is 1. The van der Waals surface area contributed by atoms with Gasteiger partial charge in [0.2, 0.25) is 5.88 Å². The maximum absolute atomic E-state index is 12.1. The summed E-state index contributed by atoms with van der Waals surface area (Å²) in [6, 6.07) is 13.4. The molecule has 0 amide bonds. The van der Waals surface area contributed by atoms with Crippen LogP contribution in [0, 0.1) is 0 Å². The first-order valence-corrected chi connectivity index (χ1v) is 10.9. The van der Waals surface area contributed by atoms with Gasteiger partial charge in [0.1, 0.15) is 0 Å². The first-order valence-electron chi connectivity index (χ1n) is 10.1. The molecule has 1 aromatic heterocycles. The molecule has 2 aromatic carbocycles. The molecule has 0 radical (unpaired) electrons. The monoisotopic (exact) mass is 468 g/mol. The molecule has 0 aliphatic carbocycles. The molecule has 0 unspecified atom stereocenters. The fourth-order valence-electron chi connectivity index (χ4n) is 3.80. The highest BCUT2D eigenvalue weighted by Crippen LogP contribution is 2.25. The van der Waals surface area contributed by atoms with E-state index in [1.54, 1.807) is 18.3 Å². The van der Waals surface area contributed by atoms with E-state index in [1.807, 2.05) is 18.2 Å². The number of hydrogen-bond donors (Lipinski definition) is 2. The number of nitrogens with zero attached hydrogens (tertiary/aromatic N) is 3. The van der Waals surface area contributed by atoms with Crippen LogP contribution in [0.1, 0.15) is 18.4 Å². The average Bonchev–Trinajstić information content (AvgIpc) is 3.25. The van der Waals surface area contributed by atoms with E-state index in [2.05, 4.69) is 54.9 Å². The van der Waals surface area contributed by atoms with Crippen molar-refractivity contribution in [3.8, 4) is 5.88 Å². The quantitative estimate of drug-likeness (QED) is 0.529. The Balaban J connectivity index is 1.51. The summed E-state index contributed by atoms with van der Waals surface area (Å²) in [6.07, 6.45) is 4.22. The molecule has 7 heteroatoms. The van der Waals surface area contributed by atoms with E-state index in [4.69, 9.17) is 0 Å². The second-order valence-corrected chi connectivity index (χ2v) is 8.57. The number of hydrogen-bond acceptors (Lipinski definition) is 5. The number of benzene rings is 2. The number of aromatic amines is 1. The van der Waals surface area contributed by atoms with Gasteiger partial charge in [-0.3, -0.25) is 14.8 Å².